The van der Waals surface area contributed by atoms with Crippen LogP contribution in [0.25, 0.3) is 0 Å². The van der Waals surface area contributed by atoms with Crippen LogP contribution in [0, 0.1) is 5.92 Å². The van der Waals surface area contributed by atoms with Crippen molar-refractivity contribution >= 4 is 17.6 Å². The minimum absolute atomic E-state index is 0.0621. The van der Waals surface area contributed by atoms with Gasteiger partial charge in [-0.2, -0.15) is 0 Å². The Bertz CT molecular complexity index is 638. The molecule has 1 N–H and O–H groups in total. The van der Waals surface area contributed by atoms with Crippen LogP contribution in [0.15, 0.2) is 12.3 Å². The monoisotopic (exact) mass is 345 g/mol. The second-order valence-electron chi connectivity index (χ2n) is 7.22. The van der Waals surface area contributed by atoms with E-state index in [0.29, 0.717) is 43.9 Å². The van der Waals surface area contributed by atoms with Crippen LogP contribution in [0.5, 0.6) is 0 Å². The number of Topliss-reactive ketones (excluding diaryl/α,β-unsaturated/α-hetero) is 1. The van der Waals surface area contributed by atoms with Crippen molar-refractivity contribution in [3.05, 3.63) is 23.5 Å². The summed E-state index contributed by atoms with van der Waals surface area (Å²) in [7, 11) is 0. The fourth-order valence-corrected chi connectivity index (χ4v) is 3.84. The molecule has 0 unspecified atom stereocenters. The zero-order chi connectivity index (χ0) is 17.8. The third kappa shape index (κ3) is 4.30. The molecule has 1 aromatic heterocycles. The number of rotatable bonds is 5. The maximum Gasteiger partial charge on any atom is 0.270 e. The molecule has 2 amide bonds. The van der Waals surface area contributed by atoms with Crippen LogP contribution in [0.1, 0.15) is 66.3 Å². The topological polar surface area (TPSA) is 73.5 Å². The molecule has 25 heavy (non-hydrogen) atoms. The molecule has 2 heterocycles. The van der Waals surface area contributed by atoms with Crippen LogP contribution in [0.3, 0.4) is 0 Å². The van der Waals surface area contributed by atoms with E-state index in [1.54, 1.807) is 17.2 Å². The summed E-state index contributed by atoms with van der Waals surface area (Å²) in [4.78, 5) is 42.7. The van der Waals surface area contributed by atoms with Gasteiger partial charge < -0.3 is 14.8 Å². The number of ketones is 1. The van der Waals surface area contributed by atoms with Gasteiger partial charge in [-0.1, -0.05) is 25.7 Å². The van der Waals surface area contributed by atoms with E-state index in [1.807, 2.05) is 4.90 Å². The minimum Gasteiger partial charge on any atom is -0.356 e. The van der Waals surface area contributed by atoms with Gasteiger partial charge in [-0.05, 0) is 25.3 Å². The Morgan fingerprint density at radius 1 is 1.08 bits per heavy atom. The molecular formula is C19H27N3O3. The molecule has 1 aliphatic carbocycles. The summed E-state index contributed by atoms with van der Waals surface area (Å²) in [6, 6.07) is 1.60. The lowest BCUT2D eigenvalue weighted by Crippen LogP contribution is -2.50. The molecule has 0 spiro atoms. The van der Waals surface area contributed by atoms with Gasteiger partial charge in [0.2, 0.25) is 5.91 Å². The number of nitrogens with one attached hydrogen (secondary N) is 1. The summed E-state index contributed by atoms with van der Waals surface area (Å²) in [5.74, 6) is 0.784. The maximum absolute atomic E-state index is 12.5. The number of aromatic amines is 1. The largest absolute Gasteiger partial charge is 0.356 e. The first-order valence-corrected chi connectivity index (χ1v) is 9.31. The van der Waals surface area contributed by atoms with Gasteiger partial charge in [0, 0.05) is 44.4 Å². The van der Waals surface area contributed by atoms with E-state index in [0.717, 1.165) is 12.3 Å². The third-order valence-corrected chi connectivity index (χ3v) is 5.48. The van der Waals surface area contributed by atoms with E-state index in [-0.39, 0.29) is 17.6 Å². The molecule has 2 fully saturated rings. The molecule has 0 aromatic carbocycles. The zero-order valence-corrected chi connectivity index (χ0v) is 14.9. The summed E-state index contributed by atoms with van der Waals surface area (Å²) in [5, 5.41) is 0. The van der Waals surface area contributed by atoms with E-state index in [9.17, 15) is 14.4 Å². The third-order valence-electron chi connectivity index (χ3n) is 5.48. The van der Waals surface area contributed by atoms with Gasteiger partial charge in [-0.15, -0.1) is 0 Å². The Balaban J connectivity index is 1.46. The lowest BCUT2D eigenvalue weighted by atomic mass is 10.0. The first-order chi connectivity index (χ1) is 12.0. The van der Waals surface area contributed by atoms with Crippen molar-refractivity contribution in [2.45, 2.75) is 45.4 Å². The summed E-state index contributed by atoms with van der Waals surface area (Å²) >= 11 is 0. The van der Waals surface area contributed by atoms with Crippen molar-refractivity contribution in [2.24, 2.45) is 5.92 Å². The van der Waals surface area contributed by atoms with Gasteiger partial charge in [0.1, 0.15) is 5.69 Å². The number of hydrogen-bond donors (Lipinski definition) is 1. The number of carbonyl (C=O) groups excluding carboxylic acids is 3. The average Bonchev–Trinajstić information content (AvgIpc) is 3.30. The molecule has 0 bridgehead atoms. The Kier molecular flexibility index (Phi) is 5.56. The van der Waals surface area contributed by atoms with E-state index in [1.165, 1.54) is 32.6 Å². The average molecular weight is 345 g/mol. The maximum atomic E-state index is 12.5. The highest BCUT2D eigenvalue weighted by Gasteiger charge is 2.26. The van der Waals surface area contributed by atoms with Crippen molar-refractivity contribution in [1.29, 1.82) is 0 Å². The van der Waals surface area contributed by atoms with Crippen LogP contribution in [0.4, 0.5) is 0 Å². The van der Waals surface area contributed by atoms with Crippen LogP contribution >= 0.6 is 0 Å². The van der Waals surface area contributed by atoms with Gasteiger partial charge >= 0.3 is 0 Å². The number of aromatic nitrogens is 1. The van der Waals surface area contributed by atoms with Gasteiger partial charge in [0.05, 0.1) is 0 Å². The van der Waals surface area contributed by atoms with Crippen molar-refractivity contribution in [1.82, 2.24) is 14.8 Å². The molecule has 0 atom stereocenters. The van der Waals surface area contributed by atoms with Crippen molar-refractivity contribution in [2.75, 3.05) is 26.2 Å². The second kappa shape index (κ2) is 7.85. The first kappa shape index (κ1) is 17.7. The van der Waals surface area contributed by atoms with Crippen molar-refractivity contribution in [3.8, 4) is 0 Å². The summed E-state index contributed by atoms with van der Waals surface area (Å²) < 4.78 is 0. The molecular weight excluding hydrogens is 318 g/mol. The molecule has 1 saturated carbocycles. The predicted octanol–water partition coefficient (Wildman–Crippen LogP) is 2.47. The normalized spacial score (nSPS) is 18.6. The van der Waals surface area contributed by atoms with Gasteiger partial charge in [-0.3, -0.25) is 14.4 Å². The number of hydrogen-bond acceptors (Lipinski definition) is 3. The number of piperazine rings is 1. The smallest absolute Gasteiger partial charge is 0.270 e. The van der Waals surface area contributed by atoms with E-state index in [4.69, 9.17) is 0 Å². The highest BCUT2D eigenvalue weighted by molar-refractivity contribution is 5.99. The molecule has 2 aliphatic rings. The van der Waals surface area contributed by atoms with Crippen LogP contribution < -0.4 is 0 Å². The highest BCUT2D eigenvalue weighted by Crippen LogP contribution is 2.28. The second-order valence-corrected chi connectivity index (χ2v) is 7.22. The van der Waals surface area contributed by atoms with Gasteiger partial charge in [0.15, 0.2) is 5.78 Å². The van der Waals surface area contributed by atoms with Crippen LogP contribution in [-0.2, 0) is 4.79 Å². The lowest BCUT2D eigenvalue weighted by Gasteiger charge is -2.34. The van der Waals surface area contributed by atoms with E-state index < -0.39 is 0 Å². The summed E-state index contributed by atoms with van der Waals surface area (Å²) in [6.45, 7) is 3.75. The van der Waals surface area contributed by atoms with Crippen LogP contribution in [-0.4, -0.2) is 58.6 Å². The molecule has 6 heteroatoms. The quantitative estimate of drug-likeness (QED) is 0.833. The molecule has 1 aromatic rings. The first-order valence-electron chi connectivity index (χ1n) is 9.31. The molecule has 3 rings (SSSR count). The van der Waals surface area contributed by atoms with Crippen LogP contribution in [0.2, 0.25) is 0 Å². The highest BCUT2D eigenvalue weighted by atomic mass is 16.2. The number of carbonyl (C=O) groups is 3. The Hall–Kier alpha value is -2.11. The summed E-state index contributed by atoms with van der Waals surface area (Å²) in [6.07, 6.45) is 8.37. The SMILES string of the molecule is CC(=O)c1c[nH]c(C(=O)N2CCN(C(=O)CCC3CCCC3)CC2)c1. The van der Waals surface area contributed by atoms with Crippen molar-refractivity contribution < 1.29 is 14.4 Å². The van der Waals surface area contributed by atoms with E-state index in [2.05, 4.69) is 4.98 Å². The minimum atomic E-state index is -0.106. The molecule has 1 saturated heterocycles. The van der Waals surface area contributed by atoms with E-state index >= 15 is 0 Å². The standard InChI is InChI=1S/C19H27N3O3/c1-14(23)16-12-17(20-13-16)19(25)22-10-8-21(9-11-22)18(24)7-6-15-4-2-3-5-15/h12-13,15,20H,2-11H2,1H3. The van der Waals surface area contributed by atoms with Gasteiger partial charge in [-0.25, -0.2) is 0 Å². The molecule has 136 valence electrons. The molecule has 1 aliphatic heterocycles. The lowest BCUT2D eigenvalue weighted by molar-refractivity contribution is -0.133. The number of H-pyrrole nitrogens is 1. The molecule has 6 nitrogen and oxygen atoms in total. The number of amides is 2. The van der Waals surface area contributed by atoms with Gasteiger partial charge in [0.25, 0.3) is 5.91 Å². The number of nitrogens with zero attached hydrogens (tertiary/aromatic N) is 2. The fraction of sp³-hybridized carbons (Fsp3) is 0.632. The Labute approximate surface area is 148 Å². The predicted molar refractivity (Wildman–Crippen MR) is 94.5 cm³/mol. The molecule has 0 radical (unpaired) electrons. The Morgan fingerprint density at radius 2 is 1.72 bits per heavy atom. The zero-order valence-electron chi connectivity index (χ0n) is 14.9. The van der Waals surface area contributed by atoms with Crippen molar-refractivity contribution in [3.63, 3.8) is 0 Å². The summed E-state index contributed by atoms with van der Waals surface area (Å²) in [5.41, 5.74) is 0.954. The fourth-order valence-electron chi connectivity index (χ4n) is 3.84. The Morgan fingerprint density at radius 3 is 2.32 bits per heavy atom.